The average molecular weight is 855 g/mol. The third-order valence-corrected chi connectivity index (χ3v) is 9.56. The summed E-state index contributed by atoms with van der Waals surface area (Å²) in [5.41, 5.74) is 0. The SMILES string of the molecule is CC\C=C/C=C\C=C/C=C\C=C\C=C/CCCCCC(=O)OCC(COC(=O)CCC/C=C\C/C=C\C/C=C\CC)OC(=O)CCCCC/C=C\C=C/CCCCCCCCC. The topological polar surface area (TPSA) is 78.9 Å². The third kappa shape index (κ3) is 46.6. The van der Waals surface area contributed by atoms with E-state index in [9.17, 15) is 14.4 Å². The Morgan fingerprint density at radius 2 is 0.726 bits per heavy atom. The molecule has 346 valence electrons. The second-order valence-electron chi connectivity index (χ2n) is 15.4. The van der Waals surface area contributed by atoms with E-state index in [4.69, 9.17) is 14.2 Å². The fourth-order valence-corrected chi connectivity index (χ4v) is 5.96. The molecule has 0 N–H and O–H groups in total. The number of hydrogen-bond donors (Lipinski definition) is 0. The number of unbranched alkanes of at least 4 members (excludes halogenated alkanes) is 14. The second kappa shape index (κ2) is 49.2. The first-order valence-corrected chi connectivity index (χ1v) is 24.3. The van der Waals surface area contributed by atoms with Gasteiger partial charge in [0.15, 0.2) is 6.10 Å². The van der Waals surface area contributed by atoms with Crippen molar-refractivity contribution in [2.24, 2.45) is 0 Å². The van der Waals surface area contributed by atoms with Crippen molar-refractivity contribution >= 4 is 17.9 Å². The molecule has 0 aromatic carbocycles. The van der Waals surface area contributed by atoms with Crippen LogP contribution in [0.5, 0.6) is 0 Å². The molecule has 0 aliphatic heterocycles. The first kappa shape index (κ1) is 57.5. The number of allylic oxidation sites excluding steroid dienone is 22. The summed E-state index contributed by atoms with van der Waals surface area (Å²) in [6.45, 7) is 6.23. The van der Waals surface area contributed by atoms with Gasteiger partial charge in [0.05, 0.1) is 0 Å². The van der Waals surface area contributed by atoms with Crippen LogP contribution in [-0.2, 0) is 28.6 Å². The third-order valence-electron chi connectivity index (χ3n) is 9.56. The highest BCUT2D eigenvalue weighted by atomic mass is 16.6. The number of hydrogen-bond acceptors (Lipinski definition) is 6. The molecule has 0 aromatic rings. The standard InChI is InChI=1S/C56H86O6/c1-4-7-10-13-16-19-22-24-26-28-30-31-34-37-40-43-46-49-55(58)61-52-53(51-60-54(57)48-45-42-39-36-33-21-18-15-12-9-6-3)62-56(59)50-47-44-41-38-35-32-29-27-25-23-20-17-14-11-8-5-2/h7,9-10,12-13,16,18-19,21-22,24,26-32,34-36,39,53H,4-6,8,11,14-15,17,20,23,25,33,37-38,40-52H2,1-3H3/b10-7-,12-9-,16-13-,21-18-,22-19-,26-24-,29-27-,30-28+,34-31-,35-32-,39-36-. The summed E-state index contributed by atoms with van der Waals surface area (Å²) in [5, 5.41) is 0. The molecule has 6 heteroatoms. The van der Waals surface area contributed by atoms with Crippen molar-refractivity contribution in [1.82, 2.24) is 0 Å². The molecule has 0 aliphatic rings. The molecule has 0 fully saturated rings. The van der Waals surface area contributed by atoms with Gasteiger partial charge in [0.1, 0.15) is 13.2 Å². The maximum atomic E-state index is 12.8. The summed E-state index contributed by atoms with van der Waals surface area (Å²) in [5.74, 6) is -1.07. The molecular weight excluding hydrogens is 769 g/mol. The summed E-state index contributed by atoms with van der Waals surface area (Å²) in [7, 11) is 0. The Morgan fingerprint density at radius 1 is 0.355 bits per heavy atom. The maximum Gasteiger partial charge on any atom is 0.306 e. The number of esters is 3. The van der Waals surface area contributed by atoms with Gasteiger partial charge in [0.25, 0.3) is 0 Å². The van der Waals surface area contributed by atoms with Crippen molar-refractivity contribution in [3.05, 3.63) is 134 Å². The number of rotatable bonds is 41. The number of carbonyl (C=O) groups excluding carboxylic acids is 3. The lowest BCUT2D eigenvalue weighted by Gasteiger charge is -2.18. The van der Waals surface area contributed by atoms with Gasteiger partial charge >= 0.3 is 17.9 Å². The van der Waals surface area contributed by atoms with Crippen LogP contribution in [0.25, 0.3) is 0 Å². The lowest BCUT2D eigenvalue weighted by Crippen LogP contribution is -2.30. The summed E-state index contributed by atoms with van der Waals surface area (Å²) in [6, 6.07) is 0. The van der Waals surface area contributed by atoms with Crippen LogP contribution < -0.4 is 0 Å². The Bertz CT molecular complexity index is 1400. The minimum Gasteiger partial charge on any atom is -0.462 e. The van der Waals surface area contributed by atoms with E-state index in [1.165, 1.54) is 44.9 Å². The van der Waals surface area contributed by atoms with Gasteiger partial charge in [-0.25, -0.2) is 0 Å². The molecule has 1 unspecified atom stereocenters. The van der Waals surface area contributed by atoms with Crippen molar-refractivity contribution < 1.29 is 28.6 Å². The Labute approximate surface area is 379 Å². The zero-order chi connectivity index (χ0) is 45.1. The van der Waals surface area contributed by atoms with Gasteiger partial charge in [-0.15, -0.1) is 0 Å². The summed E-state index contributed by atoms with van der Waals surface area (Å²) < 4.78 is 16.6. The fourth-order valence-electron chi connectivity index (χ4n) is 5.96. The summed E-state index contributed by atoms with van der Waals surface area (Å²) in [4.78, 5) is 37.8. The number of ether oxygens (including phenoxy) is 3. The van der Waals surface area contributed by atoms with Gasteiger partial charge in [0.2, 0.25) is 0 Å². The molecule has 0 amide bonds. The molecule has 0 aliphatic carbocycles. The molecule has 0 bridgehead atoms. The Balaban J connectivity index is 4.60. The highest BCUT2D eigenvalue weighted by Gasteiger charge is 2.19. The Hall–Kier alpha value is -4.45. The van der Waals surface area contributed by atoms with Crippen LogP contribution in [0, 0.1) is 0 Å². The Morgan fingerprint density at radius 3 is 1.24 bits per heavy atom. The highest BCUT2D eigenvalue weighted by molar-refractivity contribution is 5.71. The van der Waals surface area contributed by atoms with Gasteiger partial charge in [-0.1, -0.05) is 206 Å². The highest BCUT2D eigenvalue weighted by Crippen LogP contribution is 2.11. The molecule has 0 saturated heterocycles. The van der Waals surface area contributed by atoms with Crippen LogP contribution >= 0.6 is 0 Å². The van der Waals surface area contributed by atoms with Crippen LogP contribution in [0.2, 0.25) is 0 Å². The van der Waals surface area contributed by atoms with Crippen molar-refractivity contribution in [2.45, 2.75) is 187 Å². The van der Waals surface area contributed by atoms with Crippen molar-refractivity contribution in [2.75, 3.05) is 13.2 Å². The molecule has 1 atom stereocenters. The molecule has 0 rings (SSSR count). The van der Waals surface area contributed by atoms with Gasteiger partial charge in [-0.05, 0) is 89.9 Å². The quantitative estimate of drug-likeness (QED) is 0.0200. The van der Waals surface area contributed by atoms with Crippen LogP contribution in [0.3, 0.4) is 0 Å². The van der Waals surface area contributed by atoms with Gasteiger partial charge in [-0.2, -0.15) is 0 Å². The van der Waals surface area contributed by atoms with Crippen molar-refractivity contribution in [3.8, 4) is 0 Å². The van der Waals surface area contributed by atoms with E-state index in [0.717, 1.165) is 77.0 Å². The van der Waals surface area contributed by atoms with Crippen molar-refractivity contribution in [3.63, 3.8) is 0 Å². The first-order valence-electron chi connectivity index (χ1n) is 24.3. The van der Waals surface area contributed by atoms with Crippen LogP contribution in [0.15, 0.2) is 134 Å². The fraction of sp³-hybridized carbons (Fsp3) is 0.554. The van der Waals surface area contributed by atoms with E-state index >= 15 is 0 Å². The van der Waals surface area contributed by atoms with E-state index < -0.39 is 6.10 Å². The summed E-state index contributed by atoms with van der Waals surface area (Å²) in [6.07, 6.45) is 68.7. The molecule has 0 radical (unpaired) electrons. The average Bonchev–Trinajstić information content (AvgIpc) is 3.27. The first-order chi connectivity index (χ1) is 30.5. The minimum absolute atomic E-state index is 0.133. The predicted molar refractivity (Wildman–Crippen MR) is 265 cm³/mol. The number of carbonyl (C=O) groups is 3. The van der Waals surface area contributed by atoms with E-state index in [1.54, 1.807) is 0 Å². The van der Waals surface area contributed by atoms with E-state index in [-0.39, 0.29) is 50.4 Å². The van der Waals surface area contributed by atoms with Crippen LogP contribution in [-0.4, -0.2) is 37.2 Å². The Kier molecular flexibility index (Phi) is 45.7. The van der Waals surface area contributed by atoms with Gasteiger partial charge in [0, 0.05) is 19.3 Å². The monoisotopic (exact) mass is 855 g/mol. The largest absolute Gasteiger partial charge is 0.462 e. The molecule has 0 saturated carbocycles. The molecule has 6 nitrogen and oxygen atoms in total. The molecular formula is C56H86O6. The minimum atomic E-state index is -0.834. The molecule has 62 heavy (non-hydrogen) atoms. The summed E-state index contributed by atoms with van der Waals surface area (Å²) >= 11 is 0. The van der Waals surface area contributed by atoms with E-state index in [0.29, 0.717) is 19.3 Å². The van der Waals surface area contributed by atoms with Gasteiger partial charge < -0.3 is 14.2 Å². The molecule has 0 heterocycles. The zero-order valence-corrected chi connectivity index (χ0v) is 39.3. The lowest BCUT2D eigenvalue weighted by atomic mass is 10.1. The maximum absolute atomic E-state index is 12.8. The van der Waals surface area contributed by atoms with Gasteiger partial charge in [-0.3, -0.25) is 14.4 Å². The second-order valence-corrected chi connectivity index (χ2v) is 15.4. The smallest absolute Gasteiger partial charge is 0.306 e. The van der Waals surface area contributed by atoms with E-state index in [2.05, 4.69) is 93.7 Å². The zero-order valence-electron chi connectivity index (χ0n) is 39.3. The van der Waals surface area contributed by atoms with Crippen LogP contribution in [0.4, 0.5) is 0 Å². The predicted octanol–water partition coefficient (Wildman–Crippen LogP) is 15.9. The molecule has 0 spiro atoms. The molecule has 0 aromatic heterocycles. The van der Waals surface area contributed by atoms with Crippen LogP contribution in [0.1, 0.15) is 181 Å². The van der Waals surface area contributed by atoms with Crippen molar-refractivity contribution in [1.29, 1.82) is 0 Å². The normalized spacial score (nSPS) is 13.3. The van der Waals surface area contributed by atoms with E-state index in [1.807, 2.05) is 60.8 Å². The lowest BCUT2D eigenvalue weighted by molar-refractivity contribution is -0.167.